The first-order chi connectivity index (χ1) is 10.2. The van der Waals surface area contributed by atoms with Gasteiger partial charge in [-0.05, 0) is 28.4 Å². The Morgan fingerprint density at radius 3 is 2.86 bits per heavy atom. The van der Waals surface area contributed by atoms with Crippen LogP contribution in [0.1, 0.15) is 12.2 Å². The number of rotatable bonds is 8. The summed E-state index contributed by atoms with van der Waals surface area (Å²) >= 11 is 9.10. The van der Waals surface area contributed by atoms with Crippen LogP contribution in [0.5, 0.6) is 0 Å². The summed E-state index contributed by atoms with van der Waals surface area (Å²) in [6.45, 7) is 2.46. The van der Waals surface area contributed by atoms with Crippen LogP contribution in [0.2, 0.25) is 0 Å². The molecule has 0 atom stereocenters. The zero-order chi connectivity index (χ0) is 15.2. The number of halogens is 3. The number of aromatic nitrogens is 2. The van der Waals surface area contributed by atoms with E-state index in [4.69, 9.17) is 21.1 Å². The molecule has 1 aromatic heterocycles. The maximum absolute atomic E-state index is 13.7. The Hall–Kier alpha value is -0.690. The smallest absolute Gasteiger partial charge is 0.139 e. The number of imidazole rings is 1. The zero-order valence-electron chi connectivity index (χ0n) is 11.7. The number of nitrogens with zero attached hydrogens (tertiary/aromatic N) is 2. The van der Waals surface area contributed by atoms with E-state index in [1.54, 1.807) is 13.2 Å². The molecule has 21 heavy (non-hydrogen) atoms. The fourth-order valence-electron chi connectivity index (χ4n) is 2.09. The van der Waals surface area contributed by atoms with E-state index in [1.165, 1.54) is 6.07 Å². The second-order valence-electron chi connectivity index (χ2n) is 4.53. The summed E-state index contributed by atoms with van der Waals surface area (Å²) in [6, 6.07) is 3.15. The van der Waals surface area contributed by atoms with Crippen LogP contribution < -0.4 is 0 Å². The minimum Gasteiger partial charge on any atom is -0.382 e. The van der Waals surface area contributed by atoms with Gasteiger partial charge in [-0.15, -0.1) is 11.6 Å². The van der Waals surface area contributed by atoms with Gasteiger partial charge in [-0.3, -0.25) is 0 Å². The molecule has 1 heterocycles. The summed E-state index contributed by atoms with van der Waals surface area (Å²) in [6.07, 6.45) is 0.802. The molecule has 0 unspecified atom stereocenters. The molecule has 0 radical (unpaired) electrons. The van der Waals surface area contributed by atoms with Crippen molar-refractivity contribution >= 4 is 38.6 Å². The van der Waals surface area contributed by atoms with E-state index in [-0.39, 0.29) is 5.82 Å². The molecule has 1 aromatic carbocycles. The number of hydrogen-bond acceptors (Lipinski definition) is 3. The Balaban J connectivity index is 2.08. The lowest BCUT2D eigenvalue weighted by Crippen LogP contribution is -2.08. The van der Waals surface area contributed by atoms with Gasteiger partial charge in [0.25, 0.3) is 0 Å². The van der Waals surface area contributed by atoms with Crippen LogP contribution in [0.4, 0.5) is 4.39 Å². The molecular weight excluding hydrogens is 363 g/mol. The van der Waals surface area contributed by atoms with Crippen LogP contribution in [0.3, 0.4) is 0 Å². The first-order valence-corrected chi connectivity index (χ1v) is 7.97. The first-order valence-electron chi connectivity index (χ1n) is 6.64. The molecule has 0 N–H and O–H groups in total. The van der Waals surface area contributed by atoms with Crippen molar-refractivity contribution in [2.75, 3.05) is 26.9 Å². The molecule has 0 fully saturated rings. The SMILES string of the molecule is COCCOCCCn1c(CCl)nc2cc(Br)c(F)cc21. The van der Waals surface area contributed by atoms with Gasteiger partial charge in [0, 0.05) is 26.3 Å². The highest BCUT2D eigenvalue weighted by atomic mass is 79.9. The van der Waals surface area contributed by atoms with Crippen molar-refractivity contribution in [3.8, 4) is 0 Å². The molecule has 0 spiro atoms. The van der Waals surface area contributed by atoms with Crippen molar-refractivity contribution in [2.45, 2.75) is 18.8 Å². The third-order valence-electron chi connectivity index (χ3n) is 3.09. The Labute approximate surface area is 136 Å². The number of aryl methyl sites for hydroxylation is 1. The number of methoxy groups -OCH3 is 1. The van der Waals surface area contributed by atoms with Crippen molar-refractivity contribution in [2.24, 2.45) is 0 Å². The molecule has 0 aliphatic carbocycles. The lowest BCUT2D eigenvalue weighted by molar-refractivity contribution is 0.0681. The highest BCUT2D eigenvalue weighted by Gasteiger charge is 2.12. The molecule has 0 bridgehead atoms. The Morgan fingerprint density at radius 1 is 1.33 bits per heavy atom. The van der Waals surface area contributed by atoms with Gasteiger partial charge in [-0.1, -0.05) is 0 Å². The monoisotopic (exact) mass is 378 g/mol. The Bertz CT molecular complexity index is 606. The zero-order valence-corrected chi connectivity index (χ0v) is 14.1. The molecule has 0 saturated carbocycles. The van der Waals surface area contributed by atoms with Gasteiger partial charge < -0.3 is 14.0 Å². The molecule has 0 amide bonds. The fraction of sp³-hybridized carbons (Fsp3) is 0.500. The number of alkyl halides is 1. The Kier molecular flexibility index (Phi) is 6.41. The van der Waals surface area contributed by atoms with Crippen molar-refractivity contribution in [1.29, 1.82) is 0 Å². The molecule has 0 aliphatic rings. The van der Waals surface area contributed by atoms with Crippen molar-refractivity contribution in [3.05, 3.63) is 28.2 Å². The molecule has 0 aliphatic heterocycles. The second-order valence-corrected chi connectivity index (χ2v) is 5.65. The fourth-order valence-corrected chi connectivity index (χ4v) is 2.63. The largest absolute Gasteiger partial charge is 0.382 e. The van der Waals surface area contributed by atoms with E-state index in [9.17, 15) is 4.39 Å². The van der Waals surface area contributed by atoms with Gasteiger partial charge >= 0.3 is 0 Å². The highest BCUT2D eigenvalue weighted by Crippen LogP contribution is 2.25. The van der Waals surface area contributed by atoms with E-state index >= 15 is 0 Å². The third-order valence-corrected chi connectivity index (χ3v) is 3.94. The molecule has 2 rings (SSSR count). The van der Waals surface area contributed by atoms with Gasteiger partial charge in [0.05, 0.1) is 34.6 Å². The quantitative estimate of drug-likeness (QED) is 0.518. The minimum absolute atomic E-state index is 0.290. The van der Waals surface area contributed by atoms with Crippen LogP contribution in [-0.2, 0) is 21.9 Å². The maximum atomic E-state index is 13.7. The van der Waals surface area contributed by atoms with E-state index in [1.807, 2.05) is 4.57 Å². The van der Waals surface area contributed by atoms with Crippen LogP contribution in [0.25, 0.3) is 11.0 Å². The van der Waals surface area contributed by atoms with Gasteiger partial charge in [-0.25, -0.2) is 9.37 Å². The van der Waals surface area contributed by atoms with Crippen molar-refractivity contribution in [3.63, 3.8) is 0 Å². The van der Waals surface area contributed by atoms with Crippen LogP contribution in [0, 0.1) is 5.82 Å². The molecule has 4 nitrogen and oxygen atoms in total. The summed E-state index contributed by atoms with van der Waals surface area (Å²) in [4.78, 5) is 4.43. The summed E-state index contributed by atoms with van der Waals surface area (Å²) < 4.78 is 26.4. The molecular formula is C14H17BrClFN2O2. The minimum atomic E-state index is -0.305. The third kappa shape index (κ3) is 4.16. The van der Waals surface area contributed by atoms with E-state index in [2.05, 4.69) is 20.9 Å². The number of ether oxygens (including phenoxy) is 2. The van der Waals surface area contributed by atoms with Gasteiger partial charge in [0.2, 0.25) is 0 Å². The lowest BCUT2D eigenvalue weighted by Gasteiger charge is -2.08. The van der Waals surface area contributed by atoms with Gasteiger partial charge in [-0.2, -0.15) is 0 Å². The molecule has 2 aromatic rings. The number of fused-ring (bicyclic) bond motifs is 1. The van der Waals surface area contributed by atoms with Crippen LogP contribution in [-0.4, -0.2) is 36.5 Å². The first kappa shape index (κ1) is 16.7. The van der Waals surface area contributed by atoms with Crippen molar-refractivity contribution < 1.29 is 13.9 Å². The van der Waals surface area contributed by atoms with Crippen LogP contribution in [0.15, 0.2) is 16.6 Å². The van der Waals surface area contributed by atoms with Crippen LogP contribution >= 0.6 is 27.5 Å². The Morgan fingerprint density at radius 2 is 2.14 bits per heavy atom. The normalized spacial score (nSPS) is 11.4. The van der Waals surface area contributed by atoms with E-state index < -0.39 is 0 Å². The van der Waals surface area contributed by atoms with Gasteiger partial charge in [0.1, 0.15) is 11.6 Å². The topological polar surface area (TPSA) is 36.3 Å². The second kappa shape index (κ2) is 8.08. The summed E-state index contributed by atoms with van der Waals surface area (Å²) in [5, 5.41) is 0. The lowest BCUT2D eigenvalue weighted by atomic mass is 10.3. The average molecular weight is 380 g/mol. The van der Waals surface area contributed by atoms with E-state index in [0.717, 1.165) is 23.3 Å². The number of benzene rings is 1. The van der Waals surface area contributed by atoms with Crippen molar-refractivity contribution in [1.82, 2.24) is 9.55 Å². The average Bonchev–Trinajstić information content (AvgIpc) is 2.80. The molecule has 116 valence electrons. The summed E-state index contributed by atoms with van der Waals surface area (Å²) in [5.41, 5.74) is 1.49. The molecule has 0 saturated heterocycles. The maximum Gasteiger partial charge on any atom is 0.139 e. The predicted molar refractivity (Wildman–Crippen MR) is 84.3 cm³/mol. The predicted octanol–water partition coefficient (Wildman–Crippen LogP) is 3.73. The van der Waals surface area contributed by atoms with Gasteiger partial charge in [0.15, 0.2) is 0 Å². The number of hydrogen-bond donors (Lipinski definition) is 0. The molecule has 7 heteroatoms. The highest BCUT2D eigenvalue weighted by molar-refractivity contribution is 9.10. The summed E-state index contributed by atoms with van der Waals surface area (Å²) in [5.74, 6) is 0.723. The van der Waals surface area contributed by atoms with E-state index in [0.29, 0.717) is 36.7 Å². The summed E-state index contributed by atoms with van der Waals surface area (Å²) in [7, 11) is 1.64. The standard InChI is InChI=1S/C14H17BrClFN2O2/c1-20-5-6-21-4-2-3-19-13-8-11(17)10(15)7-12(13)18-14(19)9-16/h7-8H,2-6,9H2,1H3.